The average molecular weight is 269 g/mol. The van der Waals surface area contributed by atoms with Gasteiger partial charge in [-0.1, -0.05) is 54.6 Å². The lowest BCUT2D eigenvalue weighted by molar-refractivity contribution is 0.00623. The largest absolute Gasteiger partial charge is 0.394 e. The lowest BCUT2D eigenvalue weighted by atomic mass is 9.86. The quantitative estimate of drug-likeness (QED) is 0.894. The van der Waals surface area contributed by atoms with E-state index in [-0.39, 0.29) is 6.61 Å². The van der Waals surface area contributed by atoms with Crippen molar-refractivity contribution in [1.82, 2.24) is 5.32 Å². The van der Waals surface area contributed by atoms with Gasteiger partial charge in [0.15, 0.2) is 0 Å². The Balaban J connectivity index is 1.85. The average Bonchev–Trinajstić information content (AvgIpc) is 2.54. The van der Waals surface area contributed by atoms with E-state index in [2.05, 4.69) is 29.6 Å². The molecule has 3 rings (SSSR count). The highest BCUT2D eigenvalue weighted by molar-refractivity contribution is 5.35. The Hall–Kier alpha value is -1.68. The topological polar surface area (TPSA) is 41.5 Å². The molecule has 20 heavy (non-hydrogen) atoms. The molecule has 0 aliphatic carbocycles. The number of aliphatic hydroxyl groups excluding tert-OH is 1. The van der Waals surface area contributed by atoms with Gasteiger partial charge in [-0.25, -0.2) is 0 Å². The molecule has 1 heterocycles. The Labute approximate surface area is 119 Å². The van der Waals surface area contributed by atoms with Gasteiger partial charge in [-0.3, -0.25) is 5.32 Å². The van der Waals surface area contributed by atoms with Crippen molar-refractivity contribution in [1.29, 1.82) is 0 Å². The zero-order valence-electron chi connectivity index (χ0n) is 11.4. The van der Waals surface area contributed by atoms with E-state index in [0.717, 1.165) is 11.1 Å². The molecule has 0 radical (unpaired) electrons. The minimum atomic E-state index is -0.509. The molecule has 1 aliphatic rings. The van der Waals surface area contributed by atoms with Crippen LogP contribution in [0.3, 0.4) is 0 Å². The predicted octanol–water partition coefficient (Wildman–Crippen LogP) is 2.19. The van der Waals surface area contributed by atoms with Crippen LogP contribution < -0.4 is 5.32 Å². The van der Waals surface area contributed by atoms with Gasteiger partial charge < -0.3 is 9.84 Å². The summed E-state index contributed by atoms with van der Waals surface area (Å²) in [6.07, 6.45) is 0. The molecule has 0 spiro atoms. The van der Waals surface area contributed by atoms with Crippen LogP contribution in [0, 0.1) is 0 Å². The third-order valence-electron chi connectivity index (χ3n) is 3.88. The van der Waals surface area contributed by atoms with Crippen molar-refractivity contribution in [2.45, 2.75) is 18.7 Å². The number of nitrogens with one attached hydrogen (secondary N) is 1. The summed E-state index contributed by atoms with van der Waals surface area (Å²) in [6, 6.07) is 18.4. The van der Waals surface area contributed by atoms with E-state index in [4.69, 9.17) is 4.74 Å². The number of hydrogen-bond acceptors (Lipinski definition) is 3. The van der Waals surface area contributed by atoms with E-state index in [1.807, 2.05) is 30.3 Å². The Morgan fingerprint density at radius 2 is 1.80 bits per heavy atom. The molecule has 2 aromatic rings. The van der Waals surface area contributed by atoms with Crippen LogP contribution in [0.25, 0.3) is 0 Å². The molecule has 2 aromatic carbocycles. The van der Waals surface area contributed by atoms with Gasteiger partial charge in [-0.05, 0) is 16.7 Å². The van der Waals surface area contributed by atoms with Crippen molar-refractivity contribution >= 4 is 0 Å². The maximum absolute atomic E-state index is 9.92. The molecular formula is C17H19NO2. The molecule has 0 saturated carbocycles. The Morgan fingerprint density at radius 1 is 1.05 bits per heavy atom. The number of hydrogen-bond donors (Lipinski definition) is 2. The number of fused-ring (bicyclic) bond motifs is 1. The number of benzene rings is 2. The van der Waals surface area contributed by atoms with Crippen LogP contribution in [0.4, 0.5) is 0 Å². The van der Waals surface area contributed by atoms with Crippen molar-refractivity contribution < 1.29 is 9.84 Å². The summed E-state index contributed by atoms with van der Waals surface area (Å²) in [5, 5.41) is 13.4. The second-order valence-electron chi connectivity index (χ2n) is 5.23. The molecule has 3 nitrogen and oxygen atoms in total. The van der Waals surface area contributed by atoms with Crippen molar-refractivity contribution in [2.75, 3.05) is 13.2 Å². The van der Waals surface area contributed by atoms with Crippen LogP contribution in [0.2, 0.25) is 0 Å². The molecule has 0 fully saturated rings. The Kier molecular flexibility index (Phi) is 3.83. The molecule has 0 bridgehead atoms. The van der Waals surface area contributed by atoms with Crippen LogP contribution in [0.1, 0.15) is 16.7 Å². The summed E-state index contributed by atoms with van der Waals surface area (Å²) >= 11 is 0. The van der Waals surface area contributed by atoms with Crippen molar-refractivity contribution in [3.63, 3.8) is 0 Å². The second kappa shape index (κ2) is 5.75. The molecule has 0 amide bonds. The summed E-state index contributed by atoms with van der Waals surface area (Å²) in [7, 11) is 0. The van der Waals surface area contributed by atoms with E-state index in [0.29, 0.717) is 19.8 Å². The normalized spacial score (nSPS) is 21.4. The maximum Gasteiger partial charge on any atom is 0.0912 e. The van der Waals surface area contributed by atoms with Crippen molar-refractivity contribution in [3.05, 3.63) is 71.3 Å². The van der Waals surface area contributed by atoms with E-state index >= 15 is 0 Å². The highest BCUT2D eigenvalue weighted by Gasteiger charge is 2.36. The molecule has 1 atom stereocenters. The summed E-state index contributed by atoms with van der Waals surface area (Å²) in [4.78, 5) is 0. The monoisotopic (exact) mass is 269 g/mol. The fourth-order valence-corrected chi connectivity index (χ4v) is 2.73. The fraction of sp³-hybridized carbons (Fsp3) is 0.294. The third-order valence-corrected chi connectivity index (χ3v) is 3.88. The van der Waals surface area contributed by atoms with E-state index in [9.17, 15) is 5.11 Å². The van der Waals surface area contributed by atoms with Gasteiger partial charge in [0.1, 0.15) is 0 Å². The van der Waals surface area contributed by atoms with Crippen molar-refractivity contribution in [2.24, 2.45) is 0 Å². The SMILES string of the molecule is OCC1(NCc2ccccc2)COCc2ccccc21. The van der Waals surface area contributed by atoms with E-state index in [1.165, 1.54) is 5.56 Å². The Morgan fingerprint density at radius 3 is 2.60 bits per heavy atom. The van der Waals surface area contributed by atoms with Gasteiger partial charge >= 0.3 is 0 Å². The zero-order valence-corrected chi connectivity index (χ0v) is 11.4. The van der Waals surface area contributed by atoms with E-state index < -0.39 is 5.54 Å². The van der Waals surface area contributed by atoms with Crippen LogP contribution in [-0.4, -0.2) is 18.3 Å². The summed E-state index contributed by atoms with van der Waals surface area (Å²) in [5.41, 5.74) is 2.98. The van der Waals surface area contributed by atoms with Gasteiger partial charge in [-0.2, -0.15) is 0 Å². The first kappa shape index (κ1) is 13.3. The second-order valence-corrected chi connectivity index (χ2v) is 5.23. The van der Waals surface area contributed by atoms with Crippen LogP contribution in [-0.2, 0) is 23.4 Å². The molecule has 0 aromatic heterocycles. The predicted molar refractivity (Wildman–Crippen MR) is 78.1 cm³/mol. The third kappa shape index (κ3) is 2.48. The van der Waals surface area contributed by atoms with Crippen LogP contribution in [0.5, 0.6) is 0 Å². The van der Waals surface area contributed by atoms with Crippen LogP contribution >= 0.6 is 0 Å². The number of aliphatic hydroxyl groups is 1. The summed E-state index contributed by atoms with van der Waals surface area (Å²) < 4.78 is 5.67. The van der Waals surface area contributed by atoms with Gasteiger partial charge in [0.25, 0.3) is 0 Å². The molecule has 1 aliphatic heterocycles. The number of rotatable bonds is 4. The maximum atomic E-state index is 9.92. The lowest BCUT2D eigenvalue weighted by Crippen LogP contribution is -2.51. The van der Waals surface area contributed by atoms with Gasteiger partial charge in [-0.15, -0.1) is 0 Å². The van der Waals surface area contributed by atoms with Gasteiger partial charge in [0.05, 0.1) is 25.4 Å². The zero-order chi connectivity index (χ0) is 13.8. The standard InChI is InChI=1S/C17H19NO2/c19-12-17(18-10-14-6-2-1-3-7-14)13-20-11-15-8-4-5-9-16(15)17/h1-9,18-19H,10-13H2. The minimum Gasteiger partial charge on any atom is -0.394 e. The van der Waals surface area contributed by atoms with Gasteiger partial charge in [0.2, 0.25) is 0 Å². The minimum absolute atomic E-state index is 0.0246. The lowest BCUT2D eigenvalue weighted by Gasteiger charge is -2.38. The highest BCUT2D eigenvalue weighted by atomic mass is 16.5. The van der Waals surface area contributed by atoms with Crippen molar-refractivity contribution in [3.8, 4) is 0 Å². The first-order valence-corrected chi connectivity index (χ1v) is 6.90. The summed E-state index contributed by atoms with van der Waals surface area (Å²) in [5.74, 6) is 0. The Bertz CT molecular complexity index is 570. The number of ether oxygens (including phenoxy) is 1. The molecule has 104 valence electrons. The van der Waals surface area contributed by atoms with E-state index in [1.54, 1.807) is 0 Å². The van der Waals surface area contributed by atoms with Crippen LogP contribution in [0.15, 0.2) is 54.6 Å². The summed E-state index contributed by atoms with van der Waals surface area (Å²) in [6.45, 7) is 1.84. The van der Waals surface area contributed by atoms with Gasteiger partial charge in [0, 0.05) is 6.54 Å². The first-order valence-electron chi connectivity index (χ1n) is 6.90. The molecule has 0 saturated heterocycles. The molecular weight excluding hydrogens is 250 g/mol. The highest BCUT2D eigenvalue weighted by Crippen LogP contribution is 2.30. The smallest absolute Gasteiger partial charge is 0.0912 e. The first-order chi connectivity index (χ1) is 9.84. The fourth-order valence-electron chi connectivity index (χ4n) is 2.73. The molecule has 3 heteroatoms. The molecule has 2 N–H and O–H groups in total. The molecule has 1 unspecified atom stereocenters.